The van der Waals surface area contributed by atoms with Gasteiger partial charge in [0.15, 0.2) is 6.23 Å². The Morgan fingerprint density at radius 2 is 2.15 bits per heavy atom. The van der Waals surface area contributed by atoms with Gasteiger partial charge in [0, 0.05) is 30.9 Å². The van der Waals surface area contributed by atoms with Crippen molar-refractivity contribution in [2.45, 2.75) is 39.1 Å². The first-order valence-electron chi connectivity index (χ1n) is 8.80. The van der Waals surface area contributed by atoms with E-state index in [1.54, 1.807) is 38.1 Å². The molecule has 0 saturated carbocycles. The van der Waals surface area contributed by atoms with Crippen LogP contribution in [0, 0.1) is 6.92 Å². The van der Waals surface area contributed by atoms with E-state index in [4.69, 9.17) is 15.0 Å². The number of rotatable bonds is 7. The molecule has 2 heterocycles. The zero-order valence-corrected chi connectivity index (χ0v) is 18.5. The fraction of sp³-hybridized carbons (Fsp3) is 0.750. The van der Waals surface area contributed by atoms with Gasteiger partial charge in [-0.1, -0.05) is 11.4 Å². The number of morpholine rings is 1. The Bertz CT molecular complexity index is 757. The molecule has 9 nitrogen and oxygen atoms in total. The van der Waals surface area contributed by atoms with Gasteiger partial charge in [0.05, 0.1) is 12.7 Å². The third kappa shape index (κ3) is 5.34. The Morgan fingerprint density at radius 3 is 2.70 bits per heavy atom. The second-order valence-corrected chi connectivity index (χ2v) is 11.9. The zero-order chi connectivity index (χ0) is 20.4. The second kappa shape index (κ2) is 9.07. The minimum Gasteiger partial charge on any atom is -0.383 e. The predicted octanol–water partition coefficient (Wildman–Crippen LogP) is 1.79. The highest BCUT2D eigenvalue weighted by molar-refractivity contribution is 8.55. The van der Waals surface area contributed by atoms with E-state index in [-0.39, 0.29) is 24.6 Å². The summed E-state index contributed by atoms with van der Waals surface area (Å²) >= 11 is 1.19. The molecule has 3 atom stereocenters. The summed E-state index contributed by atoms with van der Waals surface area (Å²) in [5.74, 6) is 0.222. The third-order valence-corrected chi connectivity index (χ3v) is 9.13. The molecule has 0 spiro atoms. The van der Waals surface area contributed by atoms with Crippen LogP contribution in [0.4, 0.5) is 5.82 Å². The lowest BCUT2D eigenvalue weighted by atomic mass is 10.2. The van der Waals surface area contributed by atoms with E-state index < -0.39 is 18.6 Å². The van der Waals surface area contributed by atoms with Gasteiger partial charge < -0.3 is 15.0 Å². The summed E-state index contributed by atoms with van der Waals surface area (Å²) in [6.07, 6.45) is 2.59. The number of aromatic nitrogens is 2. The van der Waals surface area contributed by atoms with E-state index in [1.807, 2.05) is 0 Å². The van der Waals surface area contributed by atoms with Crippen molar-refractivity contribution in [2.24, 2.45) is 0 Å². The Morgan fingerprint density at radius 1 is 1.48 bits per heavy atom. The molecular formula is C16H30N5O4PS. The highest BCUT2D eigenvalue weighted by atomic mass is 32.7. The minimum absolute atomic E-state index is 0.173. The Hall–Kier alpha value is -0.900. The number of hydrogen-bond acceptors (Lipinski definition) is 8. The second-order valence-electron chi connectivity index (χ2n) is 7.05. The zero-order valence-electron chi connectivity index (χ0n) is 16.8. The van der Waals surface area contributed by atoms with Crippen LogP contribution in [-0.4, -0.2) is 71.3 Å². The third-order valence-electron chi connectivity index (χ3n) is 4.54. The molecule has 2 N–H and O–H groups in total. The number of hydrogen-bond donors (Lipinski definition) is 1. The lowest BCUT2D eigenvalue weighted by molar-refractivity contribution is -0.139. The molecule has 2 rings (SSSR count). The number of nitrogens with zero attached hydrogens (tertiary/aromatic N) is 4. The van der Waals surface area contributed by atoms with Crippen LogP contribution in [0.25, 0.3) is 0 Å². The van der Waals surface area contributed by atoms with E-state index in [9.17, 15) is 9.36 Å². The van der Waals surface area contributed by atoms with E-state index in [0.717, 1.165) is 0 Å². The van der Waals surface area contributed by atoms with Crippen molar-refractivity contribution in [3.63, 3.8) is 0 Å². The molecule has 1 fully saturated rings. The maximum atomic E-state index is 12.7. The standard InChI is InChI=1S/C16H30N5O4PS/c1-11(2)20-8-13(10-24-26(23,27-6)19(4)5)25-14(9-20)21-7-12(3)15(17)18-16(21)22/h7,11,13-14H,8-10H2,1-6H3,(H2,17,18,22)/t13-,14+,26?/m0/s1. The molecule has 1 aliphatic rings. The van der Waals surface area contributed by atoms with Crippen molar-refractivity contribution < 1.29 is 13.8 Å². The van der Waals surface area contributed by atoms with Crippen LogP contribution in [0.1, 0.15) is 25.6 Å². The van der Waals surface area contributed by atoms with Crippen LogP contribution in [0.15, 0.2) is 11.0 Å². The van der Waals surface area contributed by atoms with Crippen molar-refractivity contribution in [1.29, 1.82) is 0 Å². The van der Waals surface area contributed by atoms with Gasteiger partial charge in [-0.3, -0.25) is 14.0 Å². The summed E-state index contributed by atoms with van der Waals surface area (Å²) < 4.78 is 27.7. The minimum atomic E-state index is -2.94. The van der Waals surface area contributed by atoms with E-state index in [0.29, 0.717) is 18.7 Å². The normalized spacial score (nSPS) is 23.7. The summed E-state index contributed by atoms with van der Waals surface area (Å²) in [6.45, 7) is 4.38. The first-order chi connectivity index (χ1) is 12.6. The van der Waals surface area contributed by atoms with Gasteiger partial charge in [-0.2, -0.15) is 4.98 Å². The van der Waals surface area contributed by atoms with Crippen molar-refractivity contribution in [3.8, 4) is 0 Å². The molecule has 154 valence electrons. The fourth-order valence-corrected chi connectivity index (χ4v) is 5.30. The van der Waals surface area contributed by atoms with Crippen LogP contribution in [0.2, 0.25) is 0 Å². The lowest BCUT2D eigenvalue weighted by Gasteiger charge is -2.40. The number of ether oxygens (including phenoxy) is 1. The Balaban J connectivity index is 2.22. The Kier molecular flexibility index (Phi) is 7.52. The summed E-state index contributed by atoms with van der Waals surface area (Å²) in [7, 11) is 3.45. The van der Waals surface area contributed by atoms with Crippen LogP contribution in [0.3, 0.4) is 0 Å². The lowest BCUT2D eigenvalue weighted by Crippen LogP contribution is -2.51. The van der Waals surface area contributed by atoms with Crippen LogP contribution >= 0.6 is 18.1 Å². The maximum Gasteiger partial charge on any atom is 0.351 e. The molecule has 1 unspecified atom stereocenters. The molecule has 1 aliphatic heterocycles. The quantitative estimate of drug-likeness (QED) is 0.663. The topological polar surface area (TPSA) is 103 Å². The van der Waals surface area contributed by atoms with E-state index in [1.165, 1.54) is 15.9 Å². The molecular weight excluding hydrogens is 389 g/mol. The highest BCUT2D eigenvalue weighted by Gasteiger charge is 2.34. The van der Waals surface area contributed by atoms with Crippen LogP contribution < -0.4 is 11.4 Å². The van der Waals surface area contributed by atoms with E-state index in [2.05, 4.69) is 23.7 Å². The molecule has 11 heteroatoms. The van der Waals surface area contributed by atoms with Crippen LogP contribution in [-0.2, 0) is 13.8 Å². The number of nitrogens with two attached hydrogens (primary N) is 1. The van der Waals surface area contributed by atoms with Gasteiger partial charge in [-0.15, -0.1) is 0 Å². The van der Waals surface area contributed by atoms with Crippen LogP contribution in [0.5, 0.6) is 0 Å². The van der Waals surface area contributed by atoms with Gasteiger partial charge in [-0.25, -0.2) is 9.46 Å². The molecule has 1 saturated heterocycles. The number of nitrogen functional groups attached to an aromatic ring is 1. The first kappa shape index (κ1) is 22.4. The monoisotopic (exact) mass is 419 g/mol. The molecule has 27 heavy (non-hydrogen) atoms. The van der Waals surface area contributed by atoms with Gasteiger partial charge in [-0.05, 0) is 41.1 Å². The van der Waals surface area contributed by atoms with Crippen molar-refractivity contribution in [1.82, 2.24) is 19.1 Å². The molecule has 1 aromatic rings. The average Bonchev–Trinajstić information content (AvgIpc) is 2.62. The fourth-order valence-electron chi connectivity index (χ4n) is 2.81. The van der Waals surface area contributed by atoms with Gasteiger partial charge in [0.2, 0.25) is 0 Å². The molecule has 0 amide bonds. The smallest absolute Gasteiger partial charge is 0.351 e. The van der Waals surface area contributed by atoms with Crippen molar-refractivity contribution in [2.75, 3.05) is 45.8 Å². The molecule has 0 bridgehead atoms. The molecule has 0 aliphatic carbocycles. The summed E-state index contributed by atoms with van der Waals surface area (Å²) in [5.41, 5.74) is 5.99. The predicted molar refractivity (Wildman–Crippen MR) is 109 cm³/mol. The van der Waals surface area contributed by atoms with Gasteiger partial charge >= 0.3 is 12.4 Å². The summed E-state index contributed by atoms with van der Waals surface area (Å²) in [6, 6.07) is 0.263. The molecule has 1 aromatic heterocycles. The SMILES string of the molecule is CSP(=O)(OC[C@@H]1CN(C(C)C)C[C@H](n2cc(C)c(N)nc2=O)O1)N(C)C. The molecule has 0 radical (unpaired) electrons. The van der Waals surface area contributed by atoms with E-state index >= 15 is 0 Å². The number of aryl methyl sites for hydroxylation is 1. The summed E-state index contributed by atoms with van der Waals surface area (Å²) in [5, 5.41) is 0. The van der Waals surface area contributed by atoms with Gasteiger partial charge in [0.1, 0.15) is 5.82 Å². The van der Waals surface area contributed by atoms with Crippen molar-refractivity contribution in [3.05, 3.63) is 22.2 Å². The summed E-state index contributed by atoms with van der Waals surface area (Å²) in [4.78, 5) is 18.4. The van der Waals surface area contributed by atoms with Crippen molar-refractivity contribution >= 4 is 23.9 Å². The number of anilines is 1. The largest absolute Gasteiger partial charge is 0.383 e. The average molecular weight is 419 g/mol. The maximum absolute atomic E-state index is 12.7. The van der Waals surface area contributed by atoms with Gasteiger partial charge in [0.25, 0.3) is 0 Å². The Labute approximate surface area is 164 Å². The molecule has 0 aromatic carbocycles. The highest BCUT2D eigenvalue weighted by Crippen LogP contribution is 2.59. The first-order valence-corrected chi connectivity index (χ1v) is 12.2.